The number of hydrogen-bond acceptors (Lipinski definition) is 1. The van der Waals surface area contributed by atoms with Crippen LogP contribution in [-0.4, -0.2) is 6.54 Å². The van der Waals surface area contributed by atoms with Crippen LogP contribution in [0, 0.1) is 12.7 Å². The van der Waals surface area contributed by atoms with Gasteiger partial charge in [0.2, 0.25) is 0 Å². The summed E-state index contributed by atoms with van der Waals surface area (Å²) in [4.78, 5) is 0. The minimum atomic E-state index is -0.213. The van der Waals surface area contributed by atoms with Crippen LogP contribution in [-0.2, 0) is 0 Å². The van der Waals surface area contributed by atoms with Gasteiger partial charge >= 0.3 is 0 Å². The van der Waals surface area contributed by atoms with Crippen molar-refractivity contribution in [3.8, 4) is 11.1 Å². The molecule has 2 aromatic carbocycles. The maximum atomic E-state index is 13.2. The van der Waals surface area contributed by atoms with Crippen molar-refractivity contribution in [3.05, 3.63) is 58.4 Å². The Hall–Kier alpha value is -1.38. The molecule has 106 valence electrons. The van der Waals surface area contributed by atoms with E-state index in [1.165, 1.54) is 6.07 Å². The molecule has 0 bridgehead atoms. The topological polar surface area (TPSA) is 12.0 Å². The van der Waals surface area contributed by atoms with Crippen LogP contribution in [0.25, 0.3) is 11.1 Å². The summed E-state index contributed by atoms with van der Waals surface area (Å²) in [7, 11) is 0. The fourth-order valence-corrected chi connectivity index (χ4v) is 2.76. The predicted octanol–water partition coefficient (Wildman–Crippen LogP) is 5.13. The lowest BCUT2D eigenvalue weighted by atomic mass is 9.98. The number of nitrogens with one attached hydrogen (secondary N) is 1. The number of benzene rings is 2. The van der Waals surface area contributed by atoms with Gasteiger partial charge in [-0.15, -0.1) is 0 Å². The first-order valence-electron chi connectivity index (χ1n) is 6.82. The van der Waals surface area contributed by atoms with Crippen LogP contribution in [0.15, 0.2) is 36.4 Å². The molecule has 1 N–H and O–H groups in total. The summed E-state index contributed by atoms with van der Waals surface area (Å²) in [5, 5.41) is 4.08. The van der Waals surface area contributed by atoms with Crippen molar-refractivity contribution in [1.29, 1.82) is 0 Å². The molecule has 20 heavy (non-hydrogen) atoms. The molecule has 0 saturated carbocycles. The Morgan fingerprint density at radius 3 is 2.55 bits per heavy atom. The fraction of sp³-hybridized carbons (Fsp3) is 0.294. The van der Waals surface area contributed by atoms with Crippen molar-refractivity contribution >= 4 is 11.6 Å². The van der Waals surface area contributed by atoms with Gasteiger partial charge in [0.05, 0.1) is 0 Å². The zero-order valence-corrected chi connectivity index (χ0v) is 12.8. The quantitative estimate of drug-likeness (QED) is 0.824. The van der Waals surface area contributed by atoms with E-state index in [0.717, 1.165) is 33.8 Å². The van der Waals surface area contributed by atoms with Crippen molar-refractivity contribution in [1.82, 2.24) is 5.32 Å². The zero-order valence-electron chi connectivity index (χ0n) is 12.0. The number of aryl methyl sites for hydroxylation is 1. The summed E-state index contributed by atoms with van der Waals surface area (Å²) in [5.74, 6) is -0.213. The van der Waals surface area contributed by atoms with Gasteiger partial charge in [-0.25, -0.2) is 4.39 Å². The second-order valence-electron chi connectivity index (χ2n) is 4.97. The van der Waals surface area contributed by atoms with Crippen LogP contribution in [0.1, 0.15) is 31.0 Å². The van der Waals surface area contributed by atoms with Crippen LogP contribution in [0.3, 0.4) is 0 Å². The number of rotatable bonds is 4. The molecule has 0 heterocycles. The molecule has 0 amide bonds. The first kappa shape index (κ1) is 15.0. The van der Waals surface area contributed by atoms with Crippen molar-refractivity contribution in [2.75, 3.05) is 6.54 Å². The SMILES string of the molecule is CCNC(C)c1ccc(-c2ccc(F)cc2C)cc1Cl. The van der Waals surface area contributed by atoms with Gasteiger partial charge in [0, 0.05) is 11.1 Å². The van der Waals surface area contributed by atoms with Gasteiger partial charge in [-0.3, -0.25) is 0 Å². The maximum Gasteiger partial charge on any atom is 0.123 e. The molecule has 1 nitrogen and oxygen atoms in total. The third-order valence-corrected chi connectivity index (χ3v) is 3.80. The van der Waals surface area contributed by atoms with Gasteiger partial charge in [0.15, 0.2) is 0 Å². The van der Waals surface area contributed by atoms with Crippen molar-refractivity contribution < 1.29 is 4.39 Å². The number of hydrogen-bond donors (Lipinski definition) is 1. The molecule has 0 radical (unpaired) electrons. The Morgan fingerprint density at radius 1 is 1.20 bits per heavy atom. The first-order chi connectivity index (χ1) is 9.52. The standard InChI is InChI=1S/C17H19ClFN/c1-4-20-12(3)16-7-5-13(10-17(16)18)15-8-6-14(19)9-11(15)2/h5-10,12,20H,4H2,1-3H3. The molecule has 0 fully saturated rings. The minimum absolute atomic E-state index is 0.213. The van der Waals surface area contributed by atoms with E-state index in [0.29, 0.717) is 0 Å². The van der Waals surface area contributed by atoms with E-state index in [1.54, 1.807) is 12.1 Å². The van der Waals surface area contributed by atoms with E-state index in [2.05, 4.69) is 19.2 Å². The average molecular weight is 292 g/mol. The summed E-state index contributed by atoms with van der Waals surface area (Å²) in [5.41, 5.74) is 4.02. The lowest BCUT2D eigenvalue weighted by Gasteiger charge is -2.16. The van der Waals surface area contributed by atoms with Gasteiger partial charge in [-0.2, -0.15) is 0 Å². The highest BCUT2D eigenvalue weighted by molar-refractivity contribution is 6.31. The van der Waals surface area contributed by atoms with Crippen LogP contribution >= 0.6 is 11.6 Å². The van der Waals surface area contributed by atoms with E-state index in [1.807, 2.05) is 25.1 Å². The maximum absolute atomic E-state index is 13.2. The van der Waals surface area contributed by atoms with Crippen LogP contribution < -0.4 is 5.32 Å². The summed E-state index contributed by atoms with van der Waals surface area (Å²) in [6, 6.07) is 11.1. The summed E-state index contributed by atoms with van der Waals surface area (Å²) >= 11 is 6.38. The fourth-order valence-electron chi connectivity index (χ4n) is 2.41. The largest absolute Gasteiger partial charge is 0.310 e. The lowest BCUT2D eigenvalue weighted by Crippen LogP contribution is -2.17. The van der Waals surface area contributed by atoms with Gasteiger partial charge in [0.1, 0.15) is 5.82 Å². The third kappa shape index (κ3) is 3.20. The van der Waals surface area contributed by atoms with Gasteiger partial charge in [-0.05, 0) is 60.8 Å². The predicted molar refractivity (Wildman–Crippen MR) is 83.7 cm³/mol. The Bertz CT molecular complexity index is 610. The summed E-state index contributed by atoms with van der Waals surface area (Å²) < 4.78 is 13.2. The Kier molecular flexibility index (Phi) is 4.79. The lowest BCUT2D eigenvalue weighted by molar-refractivity contribution is 0.598. The highest BCUT2D eigenvalue weighted by atomic mass is 35.5. The van der Waals surface area contributed by atoms with Gasteiger partial charge in [-0.1, -0.05) is 36.7 Å². The molecular formula is C17H19ClFN. The Labute approximate surface area is 124 Å². The highest BCUT2D eigenvalue weighted by Crippen LogP contribution is 2.30. The van der Waals surface area contributed by atoms with Gasteiger partial charge < -0.3 is 5.32 Å². The third-order valence-electron chi connectivity index (χ3n) is 3.48. The van der Waals surface area contributed by atoms with E-state index < -0.39 is 0 Å². The first-order valence-corrected chi connectivity index (χ1v) is 7.20. The summed E-state index contributed by atoms with van der Waals surface area (Å²) in [6.45, 7) is 6.96. The monoisotopic (exact) mass is 291 g/mol. The molecule has 1 atom stereocenters. The van der Waals surface area contributed by atoms with Crippen molar-refractivity contribution in [3.63, 3.8) is 0 Å². The number of halogens is 2. The van der Waals surface area contributed by atoms with Crippen LogP contribution in [0.5, 0.6) is 0 Å². The van der Waals surface area contributed by atoms with Crippen LogP contribution in [0.4, 0.5) is 4.39 Å². The van der Waals surface area contributed by atoms with Crippen LogP contribution in [0.2, 0.25) is 5.02 Å². The average Bonchev–Trinajstić information content (AvgIpc) is 2.38. The molecule has 2 aromatic rings. The molecule has 0 aliphatic rings. The second kappa shape index (κ2) is 6.38. The van der Waals surface area contributed by atoms with Crippen molar-refractivity contribution in [2.24, 2.45) is 0 Å². The van der Waals surface area contributed by atoms with E-state index >= 15 is 0 Å². The Balaban J connectivity index is 2.38. The molecule has 0 aliphatic carbocycles. The molecule has 2 rings (SSSR count). The normalized spacial score (nSPS) is 12.4. The zero-order chi connectivity index (χ0) is 14.7. The molecule has 0 aliphatic heterocycles. The van der Waals surface area contributed by atoms with Crippen molar-refractivity contribution in [2.45, 2.75) is 26.8 Å². The summed E-state index contributed by atoms with van der Waals surface area (Å²) in [6.07, 6.45) is 0. The molecule has 0 saturated heterocycles. The van der Waals surface area contributed by atoms with E-state index in [4.69, 9.17) is 11.6 Å². The smallest absolute Gasteiger partial charge is 0.123 e. The van der Waals surface area contributed by atoms with E-state index in [9.17, 15) is 4.39 Å². The Morgan fingerprint density at radius 2 is 1.95 bits per heavy atom. The highest BCUT2D eigenvalue weighted by Gasteiger charge is 2.11. The minimum Gasteiger partial charge on any atom is -0.310 e. The molecule has 0 spiro atoms. The molecular weight excluding hydrogens is 273 g/mol. The van der Waals surface area contributed by atoms with Gasteiger partial charge in [0.25, 0.3) is 0 Å². The molecule has 1 unspecified atom stereocenters. The molecule has 0 aromatic heterocycles. The van der Waals surface area contributed by atoms with E-state index in [-0.39, 0.29) is 11.9 Å². The molecule has 3 heteroatoms. The second-order valence-corrected chi connectivity index (χ2v) is 5.38.